The van der Waals surface area contributed by atoms with Gasteiger partial charge in [0.1, 0.15) is 11.6 Å². The monoisotopic (exact) mass is 293 g/mol. The highest BCUT2D eigenvalue weighted by atomic mass is 19.1. The Bertz CT molecular complexity index is 475. The summed E-state index contributed by atoms with van der Waals surface area (Å²) >= 11 is 0. The van der Waals surface area contributed by atoms with E-state index in [2.05, 4.69) is 26.1 Å². The van der Waals surface area contributed by atoms with Crippen molar-refractivity contribution in [2.45, 2.75) is 65.5 Å². The topological polar surface area (TPSA) is 21.3 Å². The average molecular weight is 293 g/mol. The van der Waals surface area contributed by atoms with Crippen molar-refractivity contribution in [2.75, 3.05) is 6.54 Å². The molecule has 21 heavy (non-hydrogen) atoms. The molecule has 1 aliphatic rings. The van der Waals surface area contributed by atoms with Crippen LogP contribution in [0, 0.1) is 18.7 Å². The molecule has 0 spiro atoms. The lowest BCUT2D eigenvalue weighted by atomic mass is 9.88. The lowest BCUT2D eigenvalue weighted by Crippen LogP contribution is -2.26. The Balaban J connectivity index is 2.21. The Hall–Kier alpha value is -1.09. The molecule has 3 atom stereocenters. The highest BCUT2D eigenvalue weighted by Crippen LogP contribution is 2.33. The van der Waals surface area contributed by atoms with Gasteiger partial charge in [-0.3, -0.25) is 0 Å². The zero-order valence-corrected chi connectivity index (χ0v) is 13.7. The van der Waals surface area contributed by atoms with Gasteiger partial charge in [0.15, 0.2) is 0 Å². The van der Waals surface area contributed by atoms with Crippen molar-refractivity contribution < 1.29 is 9.13 Å². The van der Waals surface area contributed by atoms with Crippen LogP contribution < -0.4 is 10.1 Å². The molecule has 1 fully saturated rings. The van der Waals surface area contributed by atoms with Crippen molar-refractivity contribution in [3.05, 3.63) is 29.1 Å². The summed E-state index contributed by atoms with van der Waals surface area (Å²) in [5, 5.41) is 3.35. The van der Waals surface area contributed by atoms with E-state index in [1.54, 1.807) is 13.0 Å². The third-order valence-electron chi connectivity index (χ3n) is 4.45. The van der Waals surface area contributed by atoms with Gasteiger partial charge in [0.05, 0.1) is 6.10 Å². The smallest absolute Gasteiger partial charge is 0.126 e. The zero-order valence-electron chi connectivity index (χ0n) is 13.7. The van der Waals surface area contributed by atoms with Crippen LogP contribution in [0.5, 0.6) is 5.75 Å². The first-order chi connectivity index (χ1) is 10.0. The molecule has 3 heteroatoms. The van der Waals surface area contributed by atoms with Gasteiger partial charge in [-0.2, -0.15) is 0 Å². The van der Waals surface area contributed by atoms with Crippen molar-refractivity contribution in [1.82, 2.24) is 5.32 Å². The number of ether oxygens (including phenoxy) is 1. The predicted molar refractivity (Wildman–Crippen MR) is 85.3 cm³/mol. The second kappa shape index (κ2) is 7.26. The van der Waals surface area contributed by atoms with Gasteiger partial charge < -0.3 is 10.1 Å². The third-order valence-corrected chi connectivity index (χ3v) is 4.45. The summed E-state index contributed by atoms with van der Waals surface area (Å²) in [6.07, 6.45) is 5.00. The number of nitrogens with one attached hydrogen (secondary N) is 1. The van der Waals surface area contributed by atoms with E-state index in [1.165, 1.54) is 12.8 Å². The van der Waals surface area contributed by atoms with Crippen LogP contribution in [0.4, 0.5) is 4.39 Å². The first-order valence-corrected chi connectivity index (χ1v) is 8.21. The maximum atomic E-state index is 13.9. The van der Waals surface area contributed by atoms with E-state index in [4.69, 9.17) is 4.74 Å². The second-order valence-corrected chi connectivity index (χ2v) is 6.43. The standard InChI is InChI=1S/C18H28FNO/c1-5-20-14(4)16-11-17(19)13(3)10-18(16)21-15-8-6-7-12(2)9-15/h10-12,14-15,20H,5-9H2,1-4H3. The van der Waals surface area contributed by atoms with Crippen LogP contribution in [0.25, 0.3) is 0 Å². The molecule has 1 aliphatic carbocycles. The Kier molecular flexibility index (Phi) is 5.63. The van der Waals surface area contributed by atoms with Gasteiger partial charge in [0.2, 0.25) is 0 Å². The molecule has 3 unspecified atom stereocenters. The Morgan fingerprint density at radius 1 is 1.38 bits per heavy atom. The molecule has 0 saturated heterocycles. The molecule has 0 bridgehead atoms. The SMILES string of the molecule is CCNC(C)c1cc(F)c(C)cc1OC1CCCC(C)C1. The van der Waals surface area contributed by atoms with Gasteiger partial charge in [-0.15, -0.1) is 0 Å². The van der Waals surface area contributed by atoms with Crippen molar-refractivity contribution in [3.8, 4) is 5.75 Å². The minimum atomic E-state index is -0.154. The number of hydrogen-bond acceptors (Lipinski definition) is 2. The van der Waals surface area contributed by atoms with Crippen molar-refractivity contribution in [2.24, 2.45) is 5.92 Å². The minimum Gasteiger partial charge on any atom is -0.490 e. The Morgan fingerprint density at radius 2 is 2.14 bits per heavy atom. The molecular weight excluding hydrogens is 265 g/mol. The van der Waals surface area contributed by atoms with Crippen LogP contribution in [0.3, 0.4) is 0 Å². The zero-order chi connectivity index (χ0) is 15.4. The number of halogens is 1. The van der Waals surface area contributed by atoms with Crippen LogP contribution in [-0.4, -0.2) is 12.6 Å². The van der Waals surface area contributed by atoms with Crippen LogP contribution in [0.15, 0.2) is 12.1 Å². The summed E-state index contributed by atoms with van der Waals surface area (Å²) in [6.45, 7) is 9.06. The van der Waals surface area contributed by atoms with Crippen molar-refractivity contribution in [1.29, 1.82) is 0 Å². The molecular formula is C18H28FNO. The molecule has 1 N–H and O–H groups in total. The third kappa shape index (κ3) is 4.19. The average Bonchev–Trinajstić information content (AvgIpc) is 2.43. The quantitative estimate of drug-likeness (QED) is 0.845. The summed E-state index contributed by atoms with van der Waals surface area (Å²) in [5.41, 5.74) is 1.58. The molecule has 0 heterocycles. The first-order valence-electron chi connectivity index (χ1n) is 8.21. The molecule has 118 valence electrons. The summed E-state index contributed by atoms with van der Waals surface area (Å²) in [6, 6.07) is 3.59. The molecule has 0 aromatic heterocycles. The molecule has 2 nitrogen and oxygen atoms in total. The van der Waals surface area contributed by atoms with Gasteiger partial charge in [0.25, 0.3) is 0 Å². The Labute approximate surface area is 128 Å². The summed E-state index contributed by atoms with van der Waals surface area (Å²) < 4.78 is 20.2. The maximum Gasteiger partial charge on any atom is 0.126 e. The number of hydrogen-bond donors (Lipinski definition) is 1. The Morgan fingerprint density at radius 3 is 2.81 bits per heavy atom. The van der Waals surface area contributed by atoms with E-state index in [1.807, 2.05) is 6.07 Å². The highest BCUT2D eigenvalue weighted by molar-refractivity contribution is 5.40. The summed E-state index contributed by atoms with van der Waals surface area (Å²) in [5.74, 6) is 1.42. The predicted octanol–water partition coefficient (Wildman–Crippen LogP) is 4.76. The fourth-order valence-electron chi connectivity index (χ4n) is 3.19. The van der Waals surface area contributed by atoms with E-state index in [0.29, 0.717) is 5.56 Å². The van der Waals surface area contributed by atoms with Crippen LogP contribution in [-0.2, 0) is 0 Å². The lowest BCUT2D eigenvalue weighted by molar-refractivity contribution is 0.127. The second-order valence-electron chi connectivity index (χ2n) is 6.43. The molecule has 1 aromatic rings. The normalized spacial score (nSPS) is 23.9. The van der Waals surface area contributed by atoms with Gasteiger partial charge >= 0.3 is 0 Å². The fourth-order valence-corrected chi connectivity index (χ4v) is 3.19. The van der Waals surface area contributed by atoms with E-state index in [-0.39, 0.29) is 18.0 Å². The number of aryl methyl sites for hydroxylation is 1. The first kappa shape index (κ1) is 16.3. The van der Waals surface area contributed by atoms with Crippen LogP contribution >= 0.6 is 0 Å². The summed E-state index contributed by atoms with van der Waals surface area (Å²) in [4.78, 5) is 0. The fraction of sp³-hybridized carbons (Fsp3) is 0.667. The van der Waals surface area contributed by atoms with Gasteiger partial charge in [-0.05, 0) is 63.3 Å². The lowest BCUT2D eigenvalue weighted by Gasteiger charge is -2.29. The highest BCUT2D eigenvalue weighted by Gasteiger charge is 2.22. The largest absolute Gasteiger partial charge is 0.490 e. The molecule has 2 rings (SSSR count). The summed E-state index contributed by atoms with van der Waals surface area (Å²) in [7, 11) is 0. The van der Waals surface area contributed by atoms with E-state index >= 15 is 0 Å². The van der Waals surface area contributed by atoms with E-state index < -0.39 is 0 Å². The van der Waals surface area contributed by atoms with E-state index in [9.17, 15) is 4.39 Å². The molecule has 0 aliphatic heterocycles. The molecule has 0 radical (unpaired) electrons. The van der Waals surface area contributed by atoms with Gasteiger partial charge in [-0.25, -0.2) is 4.39 Å². The van der Waals surface area contributed by atoms with Crippen LogP contribution in [0.1, 0.15) is 63.6 Å². The van der Waals surface area contributed by atoms with Gasteiger partial charge in [-0.1, -0.05) is 20.3 Å². The van der Waals surface area contributed by atoms with Crippen molar-refractivity contribution >= 4 is 0 Å². The van der Waals surface area contributed by atoms with Crippen molar-refractivity contribution in [3.63, 3.8) is 0 Å². The molecule has 1 aromatic carbocycles. The number of benzene rings is 1. The molecule has 0 amide bonds. The molecule has 1 saturated carbocycles. The van der Waals surface area contributed by atoms with E-state index in [0.717, 1.165) is 36.6 Å². The van der Waals surface area contributed by atoms with Crippen LogP contribution in [0.2, 0.25) is 0 Å². The maximum absolute atomic E-state index is 13.9. The minimum absolute atomic E-state index is 0.0983. The number of rotatable bonds is 5. The van der Waals surface area contributed by atoms with Gasteiger partial charge in [0, 0.05) is 11.6 Å².